The molecular weight excluding hydrogens is 292 g/mol. The van der Waals surface area contributed by atoms with Crippen molar-refractivity contribution in [2.24, 2.45) is 0 Å². The van der Waals surface area contributed by atoms with Crippen LogP contribution in [0.5, 0.6) is 0 Å². The van der Waals surface area contributed by atoms with Crippen LogP contribution in [0.2, 0.25) is 0 Å². The summed E-state index contributed by atoms with van der Waals surface area (Å²) in [5.41, 5.74) is 0. The first kappa shape index (κ1) is 15.0. The molecule has 0 aliphatic carbocycles. The van der Waals surface area contributed by atoms with Crippen LogP contribution >= 0.6 is 0 Å². The normalized spacial score (nSPS) is 26.0. The zero-order valence-corrected chi connectivity index (χ0v) is 12.9. The Hall–Kier alpha value is -0.960. The topological polar surface area (TPSA) is 78.5 Å². The Bertz CT molecular complexity index is 540. The van der Waals surface area contributed by atoms with Gasteiger partial charge in [0.2, 0.25) is 0 Å². The van der Waals surface area contributed by atoms with Crippen LogP contribution in [0.3, 0.4) is 0 Å². The molecule has 1 N–H and O–H groups in total. The molecular formula is C13H22N4O3S. The molecule has 7 nitrogen and oxygen atoms in total. The van der Waals surface area contributed by atoms with E-state index >= 15 is 0 Å². The predicted octanol–water partition coefficient (Wildman–Crippen LogP) is 0.285. The minimum Gasteiger partial charge on any atom is -0.377 e. The van der Waals surface area contributed by atoms with E-state index in [1.807, 2.05) is 0 Å². The van der Waals surface area contributed by atoms with Crippen molar-refractivity contribution in [2.75, 3.05) is 39.3 Å². The van der Waals surface area contributed by atoms with Gasteiger partial charge in [0, 0.05) is 32.8 Å². The third kappa shape index (κ3) is 3.45. The fourth-order valence-electron chi connectivity index (χ4n) is 2.97. The monoisotopic (exact) mass is 314 g/mol. The van der Waals surface area contributed by atoms with Crippen molar-refractivity contribution in [3.63, 3.8) is 0 Å². The van der Waals surface area contributed by atoms with Gasteiger partial charge in [0.15, 0.2) is 5.03 Å². The molecule has 8 heteroatoms. The maximum absolute atomic E-state index is 12.5. The summed E-state index contributed by atoms with van der Waals surface area (Å²) in [4.78, 5) is 2.32. The summed E-state index contributed by atoms with van der Waals surface area (Å²) in [6, 6.07) is 1.50. The zero-order chi connectivity index (χ0) is 14.7. The van der Waals surface area contributed by atoms with Crippen molar-refractivity contribution in [2.45, 2.75) is 30.4 Å². The van der Waals surface area contributed by atoms with Crippen LogP contribution in [0.4, 0.5) is 0 Å². The number of rotatable bonds is 4. The first-order chi connectivity index (χ1) is 10.2. The van der Waals surface area contributed by atoms with Crippen LogP contribution < -0.4 is 0 Å². The number of nitrogens with zero attached hydrogens (tertiary/aromatic N) is 3. The third-order valence-electron chi connectivity index (χ3n) is 4.13. The fraction of sp³-hybridized carbons (Fsp3) is 0.769. The SMILES string of the molecule is O=S(=O)(c1ccn[nH]1)N1CCCN(CC2CCCO2)CC1. The standard InChI is InChI=1S/C13H22N4O3S/c18-21(19,13-4-5-14-15-13)17-7-2-6-16(8-9-17)11-12-3-1-10-20-12/h4-5,12H,1-3,6-11H2,(H,14,15). The smallest absolute Gasteiger partial charge is 0.260 e. The number of aromatic nitrogens is 2. The van der Waals surface area contributed by atoms with Gasteiger partial charge < -0.3 is 4.74 Å². The number of hydrogen-bond acceptors (Lipinski definition) is 5. The molecule has 0 amide bonds. The first-order valence-corrected chi connectivity index (χ1v) is 8.94. The van der Waals surface area contributed by atoms with Gasteiger partial charge >= 0.3 is 0 Å². The lowest BCUT2D eigenvalue weighted by atomic mass is 10.2. The molecule has 1 aromatic rings. The molecule has 1 atom stereocenters. The summed E-state index contributed by atoms with van der Waals surface area (Å²) in [6.07, 6.45) is 4.89. The van der Waals surface area contributed by atoms with Gasteiger partial charge in [-0.3, -0.25) is 10.00 Å². The summed E-state index contributed by atoms with van der Waals surface area (Å²) in [5.74, 6) is 0. The highest BCUT2D eigenvalue weighted by molar-refractivity contribution is 7.89. The summed E-state index contributed by atoms with van der Waals surface area (Å²) in [7, 11) is -3.44. The van der Waals surface area contributed by atoms with Crippen LogP contribution in [0.15, 0.2) is 17.3 Å². The molecule has 2 aliphatic rings. The Morgan fingerprint density at radius 3 is 2.90 bits per heavy atom. The van der Waals surface area contributed by atoms with Crippen molar-refractivity contribution >= 4 is 10.0 Å². The van der Waals surface area contributed by atoms with Gasteiger partial charge in [-0.25, -0.2) is 8.42 Å². The van der Waals surface area contributed by atoms with Crippen LogP contribution in [0.1, 0.15) is 19.3 Å². The van der Waals surface area contributed by atoms with Crippen molar-refractivity contribution in [1.82, 2.24) is 19.4 Å². The van der Waals surface area contributed by atoms with E-state index in [2.05, 4.69) is 15.1 Å². The largest absolute Gasteiger partial charge is 0.377 e. The number of hydrogen-bond donors (Lipinski definition) is 1. The minimum absolute atomic E-state index is 0.176. The van der Waals surface area contributed by atoms with Crippen LogP contribution in [-0.4, -0.2) is 73.3 Å². The molecule has 0 aromatic carbocycles. The summed E-state index contributed by atoms with van der Waals surface area (Å²) in [5, 5.41) is 6.46. The second-order valence-corrected chi connectivity index (χ2v) is 7.52. The highest BCUT2D eigenvalue weighted by Gasteiger charge is 2.29. The minimum atomic E-state index is -3.44. The second kappa shape index (κ2) is 6.43. The second-order valence-electron chi connectivity index (χ2n) is 5.61. The van der Waals surface area contributed by atoms with E-state index in [1.54, 1.807) is 4.31 Å². The van der Waals surface area contributed by atoms with Gasteiger partial charge in [0.25, 0.3) is 10.0 Å². The molecule has 2 aliphatic heterocycles. The van der Waals surface area contributed by atoms with Gasteiger partial charge in [-0.2, -0.15) is 9.40 Å². The average molecular weight is 314 g/mol. The lowest BCUT2D eigenvalue weighted by molar-refractivity contribution is 0.0749. The molecule has 0 bridgehead atoms. The Kier molecular flexibility index (Phi) is 4.58. The van der Waals surface area contributed by atoms with E-state index in [-0.39, 0.29) is 5.03 Å². The van der Waals surface area contributed by atoms with Crippen LogP contribution in [0.25, 0.3) is 0 Å². The summed E-state index contributed by atoms with van der Waals surface area (Å²) < 4.78 is 32.1. The zero-order valence-electron chi connectivity index (χ0n) is 12.1. The Balaban J connectivity index is 1.60. The van der Waals surface area contributed by atoms with Crippen LogP contribution in [-0.2, 0) is 14.8 Å². The van der Waals surface area contributed by atoms with Gasteiger partial charge in [-0.15, -0.1) is 0 Å². The number of ether oxygens (including phenoxy) is 1. The third-order valence-corrected chi connectivity index (χ3v) is 5.95. The lowest BCUT2D eigenvalue weighted by Crippen LogP contribution is -2.37. The van der Waals surface area contributed by atoms with Gasteiger partial charge in [-0.1, -0.05) is 0 Å². The van der Waals surface area contributed by atoms with E-state index in [1.165, 1.54) is 12.3 Å². The fourth-order valence-corrected chi connectivity index (χ4v) is 4.34. The molecule has 3 rings (SSSR count). The maximum Gasteiger partial charge on any atom is 0.260 e. The van der Waals surface area contributed by atoms with E-state index in [9.17, 15) is 8.42 Å². The highest BCUT2D eigenvalue weighted by Crippen LogP contribution is 2.17. The van der Waals surface area contributed by atoms with E-state index in [0.29, 0.717) is 19.2 Å². The van der Waals surface area contributed by atoms with E-state index < -0.39 is 10.0 Å². The highest BCUT2D eigenvalue weighted by atomic mass is 32.2. The molecule has 21 heavy (non-hydrogen) atoms. The number of sulfonamides is 1. The summed E-state index contributed by atoms with van der Waals surface area (Å²) in [6.45, 7) is 4.54. The number of nitrogens with one attached hydrogen (secondary N) is 1. The van der Waals surface area contributed by atoms with Gasteiger partial charge in [0.05, 0.1) is 12.3 Å². The van der Waals surface area contributed by atoms with Crippen molar-refractivity contribution in [3.8, 4) is 0 Å². The summed E-state index contributed by atoms with van der Waals surface area (Å²) >= 11 is 0. The van der Waals surface area contributed by atoms with Gasteiger partial charge in [0.1, 0.15) is 0 Å². The van der Waals surface area contributed by atoms with Crippen molar-refractivity contribution in [3.05, 3.63) is 12.3 Å². The molecule has 2 saturated heterocycles. The molecule has 1 unspecified atom stereocenters. The molecule has 0 spiro atoms. The average Bonchev–Trinajstić information content (AvgIpc) is 3.10. The molecule has 2 fully saturated rings. The predicted molar refractivity (Wildman–Crippen MR) is 77.4 cm³/mol. The molecule has 1 aromatic heterocycles. The Labute approximate surface area is 125 Å². The molecule has 0 saturated carbocycles. The lowest BCUT2D eigenvalue weighted by Gasteiger charge is -2.23. The Morgan fingerprint density at radius 1 is 1.29 bits per heavy atom. The number of H-pyrrole nitrogens is 1. The first-order valence-electron chi connectivity index (χ1n) is 7.50. The Morgan fingerprint density at radius 2 is 2.19 bits per heavy atom. The molecule has 3 heterocycles. The number of aromatic amines is 1. The van der Waals surface area contributed by atoms with Crippen LogP contribution in [0, 0.1) is 0 Å². The van der Waals surface area contributed by atoms with Crippen molar-refractivity contribution in [1.29, 1.82) is 0 Å². The van der Waals surface area contributed by atoms with Crippen molar-refractivity contribution < 1.29 is 13.2 Å². The van der Waals surface area contributed by atoms with E-state index in [0.717, 1.165) is 45.5 Å². The maximum atomic E-state index is 12.5. The molecule has 118 valence electrons. The molecule has 0 radical (unpaired) electrons. The van der Waals surface area contributed by atoms with E-state index in [4.69, 9.17) is 4.74 Å². The van der Waals surface area contributed by atoms with Gasteiger partial charge in [-0.05, 0) is 31.9 Å². The quantitative estimate of drug-likeness (QED) is 0.864.